The molecule has 20 heavy (non-hydrogen) atoms. The van der Waals surface area contributed by atoms with E-state index in [0.717, 1.165) is 11.3 Å². The fraction of sp³-hybridized carbons (Fsp3) is 0.0667. The summed E-state index contributed by atoms with van der Waals surface area (Å²) < 4.78 is 14.7. The molecule has 3 rings (SSSR count). The molecule has 0 saturated carbocycles. The molecule has 0 aliphatic carbocycles. The average molecular weight is 269 g/mol. The van der Waals surface area contributed by atoms with Crippen molar-refractivity contribution in [3.8, 4) is 0 Å². The Hall–Kier alpha value is -2.69. The summed E-state index contributed by atoms with van der Waals surface area (Å²) in [6.07, 6.45) is 2.68. The van der Waals surface area contributed by atoms with E-state index in [1.807, 2.05) is 31.2 Å². The van der Waals surface area contributed by atoms with Gasteiger partial charge in [-0.3, -0.25) is 9.20 Å². The van der Waals surface area contributed by atoms with Gasteiger partial charge < -0.3 is 5.32 Å². The number of nitrogens with zero attached hydrogens (tertiary/aromatic N) is 2. The van der Waals surface area contributed by atoms with Crippen LogP contribution in [0.1, 0.15) is 16.1 Å². The van der Waals surface area contributed by atoms with Crippen molar-refractivity contribution in [2.24, 2.45) is 0 Å². The van der Waals surface area contributed by atoms with Crippen molar-refractivity contribution >= 4 is 17.2 Å². The number of para-hydroxylation sites is 1. The predicted octanol–water partition coefficient (Wildman–Crippen LogP) is 3.03. The van der Waals surface area contributed by atoms with E-state index in [2.05, 4.69) is 10.3 Å². The van der Waals surface area contributed by atoms with E-state index in [1.165, 1.54) is 28.9 Å². The summed E-state index contributed by atoms with van der Waals surface area (Å²) in [6.45, 7) is 1.91. The van der Waals surface area contributed by atoms with Crippen molar-refractivity contribution in [2.45, 2.75) is 6.92 Å². The largest absolute Gasteiger partial charge is 0.320 e. The Morgan fingerprint density at radius 3 is 2.85 bits per heavy atom. The maximum atomic E-state index is 13.3. The number of pyridine rings is 1. The van der Waals surface area contributed by atoms with Crippen molar-refractivity contribution in [2.75, 3.05) is 5.32 Å². The highest BCUT2D eigenvalue weighted by Crippen LogP contribution is 2.15. The third-order valence-corrected chi connectivity index (χ3v) is 3.10. The minimum Gasteiger partial charge on any atom is -0.320 e. The zero-order valence-electron chi connectivity index (χ0n) is 10.8. The molecule has 2 heterocycles. The van der Waals surface area contributed by atoms with E-state index in [1.54, 1.807) is 0 Å². The van der Waals surface area contributed by atoms with Crippen LogP contribution in [0.15, 0.2) is 48.8 Å². The maximum Gasteiger partial charge on any atom is 0.274 e. The van der Waals surface area contributed by atoms with Crippen LogP contribution in [0.25, 0.3) is 5.65 Å². The highest BCUT2D eigenvalue weighted by atomic mass is 19.1. The number of aromatic nitrogens is 2. The molecule has 0 spiro atoms. The molecule has 0 fully saturated rings. The number of benzene rings is 1. The number of halogens is 1. The first-order valence-corrected chi connectivity index (χ1v) is 6.15. The first kappa shape index (κ1) is 12.3. The Morgan fingerprint density at radius 2 is 2.05 bits per heavy atom. The number of nitrogens with one attached hydrogen (secondary N) is 1. The van der Waals surface area contributed by atoms with Crippen LogP contribution in [0.2, 0.25) is 0 Å². The fourth-order valence-electron chi connectivity index (χ4n) is 2.02. The molecule has 1 N–H and O–H groups in total. The van der Waals surface area contributed by atoms with Gasteiger partial charge in [0.25, 0.3) is 5.91 Å². The molecule has 1 amide bonds. The van der Waals surface area contributed by atoms with E-state index in [9.17, 15) is 9.18 Å². The van der Waals surface area contributed by atoms with Gasteiger partial charge in [0.2, 0.25) is 0 Å². The number of aryl methyl sites for hydroxylation is 1. The van der Waals surface area contributed by atoms with Crippen molar-refractivity contribution in [1.82, 2.24) is 9.38 Å². The summed E-state index contributed by atoms with van der Waals surface area (Å²) in [5, 5.41) is 2.80. The van der Waals surface area contributed by atoms with Gasteiger partial charge in [0.05, 0.1) is 6.20 Å². The van der Waals surface area contributed by atoms with Gasteiger partial charge in [-0.1, -0.05) is 18.2 Å². The quantitative estimate of drug-likeness (QED) is 0.777. The van der Waals surface area contributed by atoms with Crippen LogP contribution in [0, 0.1) is 12.7 Å². The molecule has 0 aliphatic rings. The number of hydrogen-bond acceptors (Lipinski definition) is 2. The predicted molar refractivity (Wildman–Crippen MR) is 74.3 cm³/mol. The van der Waals surface area contributed by atoms with Gasteiger partial charge in [0.1, 0.15) is 17.2 Å². The second kappa shape index (κ2) is 4.77. The summed E-state index contributed by atoms with van der Waals surface area (Å²) in [6, 6.07) is 10.3. The van der Waals surface area contributed by atoms with E-state index in [4.69, 9.17) is 0 Å². The van der Waals surface area contributed by atoms with Crippen LogP contribution in [0.3, 0.4) is 0 Å². The normalized spacial score (nSPS) is 10.7. The molecular weight excluding hydrogens is 257 g/mol. The Bertz CT molecular complexity index is 795. The van der Waals surface area contributed by atoms with Gasteiger partial charge in [0.15, 0.2) is 0 Å². The molecule has 2 aromatic heterocycles. The van der Waals surface area contributed by atoms with Crippen LogP contribution in [0.5, 0.6) is 0 Å². The Morgan fingerprint density at radius 1 is 1.25 bits per heavy atom. The SMILES string of the molecule is Cc1ccccc1NC(=O)c1cnc2ccc(F)cn12. The van der Waals surface area contributed by atoms with E-state index in [0.29, 0.717) is 11.3 Å². The van der Waals surface area contributed by atoms with Gasteiger partial charge in [-0.05, 0) is 30.7 Å². The molecule has 5 heteroatoms. The van der Waals surface area contributed by atoms with Crippen LogP contribution in [-0.4, -0.2) is 15.3 Å². The molecule has 4 nitrogen and oxygen atoms in total. The van der Waals surface area contributed by atoms with Crippen molar-refractivity contribution in [3.05, 3.63) is 65.9 Å². The van der Waals surface area contributed by atoms with Crippen LogP contribution in [0.4, 0.5) is 10.1 Å². The lowest BCUT2D eigenvalue weighted by Gasteiger charge is -2.07. The summed E-state index contributed by atoms with van der Waals surface area (Å²) in [7, 11) is 0. The summed E-state index contributed by atoms with van der Waals surface area (Å²) >= 11 is 0. The molecule has 3 aromatic rings. The number of fused-ring (bicyclic) bond motifs is 1. The molecule has 0 radical (unpaired) electrons. The number of carbonyl (C=O) groups excluding carboxylic acids is 1. The van der Waals surface area contributed by atoms with Crippen LogP contribution in [-0.2, 0) is 0 Å². The van der Waals surface area contributed by atoms with Gasteiger partial charge in [-0.25, -0.2) is 9.37 Å². The summed E-state index contributed by atoms with van der Waals surface area (Å²) in [5.41, 5.74) is 2.51. The Labute approximate surface area is 114 Å². The maximum absolute atomic E-state index is 13.3. The lowest BCUT2D eigenvalue weighted by Crippen LogP contribution is -2.15. The molecular formula is C15H12FN3O. The fourth-order valence-corrected chi connectivity index (χ4v) is 2.02. The van der Waals surface area contributed by atoms with Gasteiger partial charge in [-0.15, -0.1) is 0 Å². The standard InChI is InChI=1S/C15H12FN3O/c1-10-4-2-3-5-12(10)18-15(20)13-8-17-14-7-6-11(16)9-19(13)14/h2-9H,1H3,(H,18,20). The van der Waals surface area contributed by atoms with E-state index >= 15 is 0 Å². The molecule has 0 unspecified atom stereocenters. The second-order valence-corrected chi connectivity index (χ2v) is 4.49. The minimum absolute atomic E-state index is 0.294. The third kappa shape index (κ3) is 2.14. The van der Waals surface area contributed by atoms with Gasteiger partial charge in [0, 0.05) is 11.9 Å². The van der Waals surface area contributed by atoms with Gasteiger partial charge >= 0.3 is 0 Å². The Kier molecular flexibility index (Phi) is 2.95. The number of anilines is 1. The first-order valence-electron chi connectivity index (χ1n) is 6.15. The highest BCUT2D eigenvalue weighted by Gasteiger charge is 2.13. The lowest BCUT2D eigenvalue weighted by molar-refractivity contribution is 0.102. The molecule has 0 saturated heterocycles. The zero-order chi connectivity index (χ0) is 14.1. The number of imidazole rings is 1. The first-order chi connectivity index (χ1) is 9.65. The van der Waals surface area contributed by atoms with E-state index in [-0.39, 0.29) is 5.91 Å². The number of rotatable bonds is 2. The third-order valence-electron chi connectivity index (χ3n) is 3.10. The molecule has 0 aliphatic heterocycles. The monoisotopic (exact) mass is 269 g/mol. The molecule has 100 valence electrons. The summed E-state index contributed by atoms with van der Waals surface area (Å²) in [4.78, 5) is 16.3. The van der Waals surface area contributed by atoms with Crippen LogP contribution < -0.4 is 5.32 Å². The minimum atomic E-state index is -0.416. The Balaban J connectivity index is 1.97. The second-order valence-electron chi connectivity index (χ2n) is 4.49. The lowest BCUT2D eigenvalue weighted by atomic mass is 10.2. The van der Waals surface area contributed by atoms with Crippen molar-refractivity contribution < 1.29 is 9.18 Å². The summed E-state index contributed by atoms with van der Waals surface area (Å²) in [5.74, 6) is -0.738. The van der Waals surface area contributed by atoms with Crippen molar-refractivity contribution in [1.29, 1.82) is 0 Å². The molecule has 0 atom stereocenters. The topological polar surface area (TPSA) is 46.4 Å². The average Bonchev–Trinajstić information content (AvgIpc) is 2.84. The molecule has 1 aromatic carbocycles. The van der Waals surface area contributed by atoms with E-state index < -0.39 is 5.82 Å². The van der Waals surface area contributed by atoms with Crippen LogP contribution >= 0.6 is 0 Å². The molecule has 0 bridgehead atoms. The number of carbonyl (C=O) groups is 1. The van der Waals surface area contributed by atoms with Gasteiger partial charge in [-0.2, -0.15) is 0 Å². The van der Waals surface area contributed by atoms with Crippen molar-refractivity contribution in [3.63, 3.8) is 0 Å². The smallest absolute Gasteiger partial charge is 0.274 e. The highest BCUT2D eigenvalue weighted by molar-refractivity contribution is 6.03. The number of amides is 1. The zero-order valence-corrected chi connectivity index (χ0v) is 10.8. The number of hydrogen-bond donors (Lipinski definition) is 1.